The molecule has 1 amide bonds. The molecule has 0 aliphatic carbocycles. The predicted octanol–water partition coefficient (Wildman–Crippen LogP) is 2.31. The molecule has 0 unspecified atom stereocenters. The topological polar surface area (TPSA) is 42.0 Å². The molecule has 0 radical (unpaired) electrons. The van der Waals surface area contributed by atoms with Gasteiger partial charge in [0.2, 0.25) is 0 Å². The van der Waals surface area contributed by atoms with Crippen molar-refractivity contribution in [2.24, 2.45) is 0 Å². The fourth-order valence-electron chi connectivity index (χ4n) is 1.56. The smallest absolute Gasteiger partial charge is 0.254 e. The molecule has 1 aromatic heterocycles. The summed E-state index contributed by atoms with van der Waals surface area (Å²) in [7, 11) is 0. The highest BCUT2D eigenvalue weighted by Crippen LogP contribution is 2.14. The number of pyridine rings is 1. The van der Waals surface area contributed by atoms with E-state index in [9.17, 15) is 4.79 Å². The monoisotopic (exact) mass is 230 g/mol. The Morgan fingerprint density at radius 2 is 2.12 bits per heavy atom. The fraction of sp³-hybridized carbons (Fsp3) is 0.429. The summed E-state index contributed by atoms with van der Waals surface area (Å²) in [4.78, 5) is 16.1. The van der Waals surface area contributed by atoms with Crippen LogP contribution in [0.3, 0.4) is 0 Å². The van der Waals surface area contributed by atoms with Crippen LogP contribution in [0.15, 0.2) is 18.3 Å². The van der Waals surface area contributed by atoms with Gasteiger partial charge < -0.3 is 5.32 Å². The van der Waals surface area contributed by atoms with E-state index in [1.165, 1.54) is 0 Å². The van der Waals surface area contributed by atoms with Crippen LogP contribution in [0, 0.1) is 19.3 Å². The Morgan fingerprint density at radius 3 is 2.53 bits per heavy atom. The second-order valence-corrected chi connectivity index (χ2v) is 4.08. The van der Waals surface area contributed by atoms with Crippen molar-refractivity contribution in [1.29, 1.82) is 0 Å². The lowest BCUT2D eigenvalue weighted by molar-refractivity contribution is 0.0916. The molecule has 0 saturated heterocycles. The van der Waals surface area contributed by atoms with Crippen LogP contribution in [0.1, 0.15) is 42.7 Å². The van der Waals surface area contributed by atoms with Crippen LogP contribution in [0.5, 0.6) is 0 Å². The minimum Gasteiger partial charge on any atom is -0.336 e. The average Bonchev–Trinajstić information content (AvgIpc) is 2.37. The van der Waals surface area contributed by atoms with Gasteiger partial charge in [-0.2, -0.15) is 0 Å². The zero-order valence-electron chi connectivity index (χ0n) is 10.6. The van der Waals surface area contributed by atoms with E-state index >= 15 is 0 Å². The number of hydrogen-bond acceptors (Lipinski definition) is 2. The zero-order valence-corrected chi connectivity index (χ0v) is 10.6. The largest absolute Gasteiger partial charge is 0.336 e. The lowest BCUT2D eigenvalue weighted by atomic mass is 9.93. The summed E-state index contributed by atoms with van der Waals surface area (Å²) in [5.74, 6) is 2.51. The van der Waals surface area contributed by atoms with E-state index in [4.69, 9.17) is 6.42 Å². The van der Waals surface area contributed by atoms with Crippen LogP contribution in [-0.2, 0) is 0 Å². The van der Waals surface area contributed by atoms with Crippen molar-refractivity contribution >= 4 is 5.91 Å². The molecule has 0 aliphatic rings. The van der Waals surface area contributed by atoms with Gasteiger partial charge in [0.15, 0.2) is 0 Å². The number of nitrogens with zero attached hydrogens (tertiary/aromatic N) is 1. The van der Waals surface area contributed by atoms with Gasteiger partial charge in [0.25, 0.3) is 5.91 Å². The molecule has 1 heterocycles. The maximum Gasteiger partial charge on any atom is 0.254 e. The summed E-state index contributed by atoms with van der Waals surface area (Å²) < 4.78 is 0. The summed E-state index contributed by atoms with van der Waals surface area (Å²) in [5, 5.41) is 2.90. The summed E-state index contributed by atoms with van der Waals surface area (Å²) >= 11 is 0. The van der Waals surface area contributed by atoms with E-state index in [2.05, 4.69) is 16.2 Å². The molecular formula is C14H18N2O. The van der Waals surface area contributed by atoms with Crippen molar-refractivity contribution in [3.05, 3.63) is 29.6 Å². The van der Waals surface area contributed by atoms with Crippen LogP contribution < -0.4 is 5.32 Å². The molecular weight excluding hydrogens is 212 g/mol. The quantitative estimate of drug-likeness (QED) is 0.806. The van der Waals surface area contributed by atoms with Crippen molar-refractivity contribution in [2.45, 2.75) is 39.2 Å². The Balaban J connectivity index is 2.85. The van der Waals surface area contributed by atoms with Crippen molar-refractivity contribution in [2.75, 3.05) is 0 Å². The highest BCUT2D eigenvalue weighted by molar-refractivity contribution is 5.94. The molecule has 3 nitrogen and oxygen atoms in total. The molecule has 17 heavy (non-hydrogen) atoms. The summed E-state index contributed by atoms with van der Waals surface area (Å²) in [6, 6.07) is 3.56. The predicted molar refractivity (Wildman–Crippen MR) is 68.6 cm³/mol. The van der Waals surface area contributed by atoms with E-state index in [0.29, 0.717) is 18.4 Å². The van der Waals surface area contributed by atoms with Crippen LogP contribution in [-0.4, -0.2) is 16.4 Å². The lowest BCUT2D eigenvalue weighted by Gasteiger charge is -2.26. The Bertz CT molecular complexity index is 425. The minimum absolute atomic E-state index is 0.167. The van der Waals surface area contributed by atoms with Crippen LogP contribution in [0.4, 0.5) is 0 Å². The van der Waals surface area contributed by atoms with Gasteiger partial charge in [-0.15, -0.1) is 6.42 Å². The molecule has 3 heteroatoms. The van der Waals surface area contributed by atoms with E-state index in [0.717, 1.165) is 5.69 Å². The SMILES string of the molecule is C#CC(CC)(CC)NC(=O)c1ccc(C)nc1. The second kappa shape index (κ2) is 5.49. The van der Waals surface area contributed by atoms with Gasteiger partial charge >= 0.3 is 0 Å². The molecule has 0 aliphatic heterocycles. The second-order valence-electron chi connectivity index (χ2n) is 4.08. The van der Waals surface area contributed by atoms with Gasteiger partial charge in [0.1, 0.15) is 5.54 Å². The zero-order chi connectivity index (χ0) is 12.9. The number of aryl methyl sites for hydroxylation is 1. The van der Waals surface area contributed by atoms with Crippen molar-refractivity contribution in [1.82, 2.24) is 10.3 Å². The molecule has 1 rings (SSSR count). The van der Waals surface area contributed by atoms with Crippen molar-refractivity contribution in [3.8, 4) is 12.3 Å². The average molecular weight is 230 g/mol. The fourth-order valence-corrected chi connectivity index (χ4v) is 1.56. The van der Waals surface area contributed by atoms with Gasteiger partial charge in [0, 0.05) is 11.9 Å². The first-order valence-electron chi connectivity index (χ1n) is 5.80. The normalized spacial score (nSPS) is 10.7. The summed E-state index contributed by atoms with van der Waals surface area (Å²) in [5.41, 5.74) is 0.870. The lowest BCUT2D eigenvalue weighted by Crippen LogP contribution is -2.46. The third kappa shape index (κ3) is 3.07. The first kappa shape index (κ1) is 13.2. The Morgan fingerprint density at radius 1 is 1.47 bits per heavy atom. The van der Waals surface area contributed by atoms with Crippen LogP contribution >= 0.6 is 0 Å². The highest BCUT2D eigenvalue weighted by Gasteiger charge is 2.25. The molecule has 1 aromatic rings. The number of carbonyl (C=O) groups excluding carboxylic acids is 1. The molecule has 0 bridgehead atoms. The number of nitrogens with one attached hydrogen (secondary N) is 1. The standard InChI is InChI=1S/C14H18N2O/c1-5-14(6-2,7-3)16-13(17)12-9-8-11(4)15-10-12/h1,8-10H,6-7H2,2-4H3,(H,16,17). The number of hydrogen-bond donors (Lipinski definition) is 1. The van der Waals surface area contributed by atoms with E-state index < -0.39 is 5.54 Å². The van der Waals surface area contributed by atoms with Gasteiger partial charge in [-0.1, -0.05) is 19.8 Å². The molecule has 0 spiro atoms. The van der Waals surface area contributed by atoms with Gasteiger partial charge in [-0.25, -0.2) is 0 Å². The number of aromatic nitrogens is 1. The van der Waals surface area contributed by atoms with E-state index in [1.54, 1.807) is 12.3 Å². The summed E-state index contributed by atoms with van der Waals surface area (Å²) in [6.07, 6.45) is 8.49. The Hall–Kier alpha value is -1.82. The maximum atomic E-state index is 12.0. The number of amides is 1. The molecule has 0 atom stereocenters. The molecule has 0 saturated carbocycles. The molecule has 0 fully saturated rings. The van der Waals surface area contributed by atoms with Gasteiger partial charge in [-0.05, 0) is 31.9 Å². The van der Waals surface area contributed by atoms with Gasteiger partial charge in [0.05, 0.1) is 5.56 Å². The minimum atomic E-state index is -0.554. The van der Waals surface area contributed by atoms with Crippen molar-refractivity contribution < 1.29 is 4.79 Å². The third-order valence-electron chi connectivity index (χ3n) is 3.01. The summed E-state index contributed by atoms with van der Waals surface area (Å²) in [6.45, 7) is 5.82. The van der Waals surface area contributed by atoms with Crippen LogP contribution in [0.25, 0.3) is 0 Å². The number of terminal acetylenes is 1. The number of carbonyl (C=O) groups is 1. The Kier molecular flexibility index (Phi) is 4.28. The third-order valence-corrected chi connectivity index (χ3v) is 3.01. The van der Waals surface area contributed by atoms with E-state index in [-0.39, 0.29) is 5.91 Å². The molecule has 1 N–H and O–H groups in total. The van der Waals surface area contributed by atoms with E-state index in [1.807, 2.05) is 26.8 Å². The molecule has 90 valence electrons. The number of rotatable bonds is 4. The Labute approximate surface area is 103 Å². The first-order valence-corrected chi connectivity index (χ1v) is 5.80. The highest BCUT2D eigenvalue weighted by atomic mass is 16.1. The van der Waals surface area contributed by atoms with Crippen LogP contribution in [0.2, 0.25) is 0 Å². The van der Waals surface area contributed by atoms with Gasteiger partial charge in [-0.3, -0.25) is 9.78 Å². The molecule has 0 aromatic carbocycles. The first-order chi connectivity index (χ1) is 8.06. The van der Waals surface area contributed by atoms with Crippen molar-refractivity contribution in [3.63, 3.8) is 0 Å². The maximum absolute atomic E-state index is 12.0.